The molecule has 3 heterocycles. The summed E-state index contributed by atoms with van der Waals surface area (Å²) in [5.41, 5.74) is 0.127. The molecule has 9 nitrogen and oxygen atoms in total. The van der Waals surface area contributed by atoms with E-state index in [0.717, 1.165) is 19.3 Å². The Bertz CT molecular complexity index is 1170. The van der Waals surface area contributed by atoms with E-state index in [1.807, 2.05) is 0 Å². The lowest BCUT2D eigenvalue weighted by molar-refractivity contribution is 0.0693. The van der Waals surface area contributed by atoms with Crippen molar-refractivity contribution in [3.05, 3.63) is 54.4 Å². The van der Waals surface area contributed by atoms with E-state index in [-0.39, 0.29) is 41.5 Å². The molecule has 32 heavy (non-hydrogen) atoms. The van der Waals surface area contributed by atoms with Crippen LogP contribution in [-0.2, 0) is 20.0 Å². The number of piperidine rings is 1. The second-order valence-electron chi connectivity index (χ2n) is 7.85. The standard InChI is InChI=1S/C21H26N4O5S2/c26-21(19-8-2-3-9-20(19)32(29,30)24-11-4-1-5-12-24)23-13-15-25(16-14-23)31(27,28)18-7-6-10-22-17-18/h2-3,6-10,17H,1,4-5,11-16H2. The minimum Gasteiger partial charge on any atom is -0.336 e. The third kappa shape index (κ3) is 4.42. The lowest BCUT2D eigenvalue weighted by Crippen LogP contribution is -2.50. The summed E-state index contributed by atoms with van der Waals surface area (Å²) in [5.74, 6) is -0.403. The summed E-state index contributed by atoms with van der Waals surface area (Å²) in [7, 11) is -7.47. The van der Waals surface area contributed by atoms with E-state index >= 15 is 0 Å². The Hall–Kier alpha value is -2.34. The number of carbonyl (C=O) groups excluding carboxylic acids is 1. The van der Waals surface area contributed by atoms with Crippen LogP contribution in [0.3, 0.4) is 0 Å². The molecule has 1 amide bonds. The van der Waals surface area contributed by atoms with Crippen molar-refractivity contribution in [2.45, 2.75) is 29.1 Å². The summed E-state index contributed by atoms with van der Waals surface area (Å²) in [6, 6.07) is 9.31. The van der Waals surface area contributed by atoms with Crippen molar-refractivity contribution in [3.8, 4) is 0 Å². The molecule has 0 spiro atoms. The second-order valence-corrected chi connectivity index (χ2v) is 11.7. The van der Waals surface area contributed by atoms with Crippen LogP contribution in [0.25, 0.3) is 0 Å². The molecular weight excluding hydrogens is 452 g/mol. The Morgan fingerprint density at radius 1 is 0.750 bits per heavy atom. The second kappa shape index (κ2) is 9.26. The molecule has 2 aromatic rings. The monoisotopic (exact) mass is 478 g/mol. The van der Waals surface area contributed by atoms with Crippen molar-refractivity contribution < 1.29 is 21.6 Å². The quantitative estimate of drug-likeness (QED) is 0.643. The maximum absolute atomic E-state index is 13.2. The van der Waals surface area contributed by atoms with Crippen molar-refractivity contribution in [1.29, 1.82) is 0 Å². The number of amides is 1. The molecule has 0 aliphatic carbocycles. The Kier molecular flexibility index (Phi) is 6.61. The predicted molar refractivity (Wildman–Crippen MR) is 118 cm³/mol. The van der Waals surface area contributed by atoms with E-state index < -0.39 is 26.0 Å². The topological polar surface area (TPSA) is 108 Å². The summed E-state index contributed by atoms with van der Waals surface area (Å²) in [6.07, 6.45) is 5.42. The summed E-state index contributed by atoms with van der Waals surface area (Å²) in [4.78, 5) is 18.7. The number of aromatic nitrogens is 1. The summed E-state index contributed by atoms with van der Waals surface area (Å²) < 4.78 is 54.7. The van der Waals surface area contributed by atoms with Crippen molar-refractivity contribution in [2.75, 3.05) is 39.3 Å². The van der Waals surface area contributed by atoms with Gasteiger partial charge in [-0.1, -0.05) is 18.6 Å². The van der Waals surface area contributed by atoms with Crippen LogP contribution in [0.1, 0.15) is 29.6 Å². The van der Waals surface area contributed by atoms with Gasteiger partial charge < -0.3 is 4.90 Å². The highest BCUT2D eigenvalue weighted by atomic mass is 32.2. The minimum atomic E-state index is -3.77. The summed E-state index contributed by atoms with van der Waals surface area (Å²) >= 11 is 0. The normalized spacial score (nSPS) is 19.1. The smallest absolute Gasteiger partial charge is 0.255 e. The number of hydrogen-bond acceptors (Lipinski definition) is 6. The molecular formula is C21H26N4O5S2. The maximum atomic E-state index is 13.2. The molecule has 0 radical (unpaired) electrons. The minimum absolute atomic E-state index is 0.0114. The maximum Gasteiger partial charge on any atom is 0.255 e. The van der Waals surface area contributed by atoms with Gasteiger partial charge in [0, 0.05) is 51.7 Å². The highest BCUT2D eigenvalue weighted by Gasteiger charge is 2.34. The van der Waals surface area contributed by atoms with E-state index in [1.54, 1.807) is 18.2 Å². The number of carbonyl (C=O) groups is 1. The average molecular weight is 479 g/mol. The largest absolute Gasteiger partial charge is 0.336 e. The van der Waals surface area contributed by atoms with Gasteiger partial charge in [-0.05, 0) is 37.1 Å². The lowest BCUT2D eigenvalue weighted by atomic mass is 10.2. The molecule has 0 N–H and O–H groups in total. The number of piperazine rings is 1. The number of hydrogen-bond donors (Lipinski definition) is 0. The fraction of sp³-hybridized carbons (Fsp3) is 0.429. The molecule has 0 atom stereocenters. The first kappa shape index (κ1) is 22.8. The highest BCUT2D eigenvalue weighted by molar-refractivity contribution is 7.89. The molecule has 0 saturated carbocycles. The molecule has 0 unspecified atom stereocenters. The molecule has 172 valence electrons. The van der Waals surface area contributed by atoms with Crippen molar-refractivity contribution in [3.63, 3.8) is 0 Å². The molecule has 2 aliphatic heterocycles. The van der Waals surface area contributed by atoms with E-state index in [4.69, 9.17) is 0 Å². The fourth-order valence-electron chi connectivity index (χ4n) is 4.06. The first-order valence-corrected chi connectivity index (χ1v) is 13.5. The van der Waals surface area contributed by atoms with E-state index in [0.29, 0.717) is 13.1 Å². The van der Waals surface area contributed by atoms with Gasteiger partial charge in [0.05, 0.1) is 10.5 Å². The SMILES string of the molecule is O=C(c1ccccc1S(=O)(=O)N1CCCCC1)N1CCN(S(=O)(=O)c2cccnc2)CC1. The Balaban J connectivity index is 1.51. The van der Waals surface area contributed by atoms with Gasteiger partial charge in [-0.2, -0.15) is 8.61 Å². The molecule has 1 aromatic carbocycles. The molecule has 4 rings (SSSR count). The van der Waals surface area contributed by atoms with Crippen LogP contribution in [-0.4, -0.2) is 80.5 Å². The number of nitrogens with zero attached hydrogens (tertiary/aromatic N) is 4. The molecule has 2 saturated heterocycles. The van der Waals surface area contributed by atoms with Crippen molar-refractivity contribution in [2.24, 2.45) is 0 Å². The van der Waals surface area contributed by atoms with Crippen LogP contribution in [0, 0.1) is 0 Å². The molecule has 2 fully saturated rings. The van der Waals surface area contributed by atoms with Crippen LogP contribution in [0.5, 0.6) is 0 Å². The third-order valence-electron chi connectivity index (χ3n) is 5.85. The highest BCUT2D eigenvalue weighted by Crippen LogP contribution is 2.25. The molecule has 2 aliphatic rings. The Morgan fingerprint density at radius 3 is 2.06 bits per heavy atom. The van der Waals surface area contributed by atoms with Gasteiger partial charge in [0.1, 0.15) is 4.90 Å². The van der Waals surface area contributed by atoms with Gasteiger partial charge in [0.25, 0.3) is 5.91 Å². The summed E-state index contributed by atoms with van der Waals surface area (Å²) in [6.45, 7) is 1.52. The van der Waals surface area contributed by atoms with Gasteiger partial charge in [-0.3, -0.25) is 9.78 Å². The van der Waals surface area contributed by atoms with E-state index in [1.165, 1.54) is 44.1 Å². The molecule has 1 aromatic heterocycles. The van der Waals surface area contributed by atoms with Crippen LogP contribution in [0.2, 0.25) is 0 Å². The predicted octanol–water partition coefficient (Wildman–Crippen LogP) is 1.40. The van der Waals surface area contributed by atoms with Crippen molar-refractivity contribution >= 4 is 26.0 Å². The first-order valence-electron chi connectivity index (χ1n) is 10.6. The Labute approximate surface area is 188 Å². The average Bonchev–Trinajstić information content (AvgIpc) is 2.85. The zero-order valence-corrected chi connectivity index (χ0v) is 19.3. The zero-order chi connectivity index (χ0) is 22.8. The van der Waals surface area contributed by atoms with Gasteiger partial charge in [-0.25, -0.2) is 16.8 Å². The number of sulfonamides is 2. The molecule has 0 bridgehead atoms. The van der Waals surface area contributed by atoms with Gasteiger partial charge in [-0.15, -0.1) is 0 Å². The van der Waals surface area contributed by atoms with Gasteiger partial charge in [0.15, 0.2) is 0 Å². The Morgan fingerprint density at radius 2 is 1.41 bits per heavy atom. The number of rotatable bonds is 5. The van der Waals surface area contributed by atoms with Crippen LogP contribution >= 0.6 is 0 Å². The van der Waals surface area contributed by atoms with Crippen LogP contribution < -0.4 is 0 Å². The van der Waals surface area contributed by atoms with E-state index in [9.17, 15) is 21.6 Å². The molecule has 11 heteroatoms. The van der Waals surface area contributed by atoms with Crippen LogP contribution in [0.4, 0.5) is 0 Å². The fourth-order valence-corrected chi connectivity index (χ4v) is 7.15. The summed E-state index contributed by atoms with van der Waals surface area (Å²) in [5, 5.41) is 0. The zero-order valence-electron chi connectivity index (χ0n) is 17.6. The van der Waals surface area contributed by atoms with Crippen LogP contribution in [0.15, 0.2) is 58.6 Å². The van der Waals surface area contributed by atoms with E-state index in [2.05, 4.69) is 4.98 Å². The first-order chi connectivity index (χ1) is 15.3. The van der Waals surface area contributed by atoms with Crippen molar-refractivity contribution in [1.82, 2.24) is 18.5 Å². The lowest BCUT2D eigenvalue weighted by Gasteiger charge is -2.34. The van der Waals surface area contributed by atoms with Gasteiger partial charge in [0.2, 0.25) is 20.0 Å². The number of benzene rings is 1. The third-order valence-corrected chi connectivity index (χ3v) is 9.69. The van der Waals surface area contributed by atoms with Gasteiger partial charge >= 0.3 is 0 Å². The number of pyridine rings is 1.